The fourth-order valence-corrected chi connectivity index (χ4v) is 4.20. The quantitative estimate of drug-likeness (QED) is 0.872. The Morgan fingerprint density at radius 2 is 1.85 bits per heavy atom. The van der Waals surface area contributed by atoms with Crippen LogP contribution >= 0.6 is 11.3 Å². The molecule has 0 aliphatic rings. The molecule has 0 aliphatic carbocycles. The van der Waals surface area contributed by atoms with Crippen molar-refractivity contribution >= 4 is 26.5 Å². The minimum absolute atomic E-state index is 0.00610. The first kappa shape index (κ1) is 15.0. The summed E-state index contributed by atoms with van der Waals surface area (Å²) in [5.74, 6) is -0.00610. The Labute approximate surface area is 124 Å². The van der Waals surface area contributed by atoms with Gasteiger partial charge in [0.05, 0.1) is 11.4 Å². The Hall–Kier alpha value is -1.40. The number of nitrogens with zero attached hydrogens (tertiary/aromatic N) is 2. The number of aryl methyl sites for hydroxylation is 3. The van der Waals surface area contributed by atoms with Crippen LogP contribution < -0.4 is 4.31 Å². The second-order valence-electron chi connectivity index (χ2n) is 4.79. The molecule has 0 spiro atoms. The van der Waals surface area contributed by atoms with Crippen molar-refractivity contribution in [3.63, 3.8) is 0 Å². The minimum Gasteiger partial charge on any atom is -0.248 e. The van der Waals surface area contributed by atoms with E-state index in [1.807, 2.05) is 45.0 Å². The number of benzene rings is 1. The highest BCUT2D eigenvalue weighted by molar-refractivity contribution is 7.92. The van der Waals surface area contributed by atoms with E-state index in [0.29, 0.717) is 5.13 Å². The third kappa shape index (κ3) is 3.02. The van der Waals surface area contributed by atoms with Gasteiger partial charge in [0.25, 0.3) is 0 Å². The summed E-state index contributed by atoms with van der Waals surface area (Å²) in [6.45, 7) is 5.75. The molecule has 0 bridgehead atoms. The summed E-state index contributed by atoms with van der Waals surface area (Å²) in [5.41, 5.74) is 2.68. The van der Waals surface area contributed by atoms with Crippen LogP contribution in [0.1, 0.15) is 21.7 Å². The minimum atomic E-state index is -3.41. The Morgan fingerprint density at radius 3 is 2.40 bits per heavy atom. The highest BCUT2D eigenvalue weighted by Gasteiger charge is 2.22. The first-order valence-corrected chi connectivity index (χ1v) is 8.69. The lowest BCUT2D eigenvalue weighted by Crippen LogP contribution is -2.28. The summed E-state index contributed by atoms with van der Waals surface area (Å²) in [5, 5.41) is 0.522. The summed E-state index contributed by atoms with van der Waals surface area (Å²) in [6, 6.07) is 7.53. The molecular weight excluding hydrogens is 292 g/mol. The number of anilines is 1. The predicted octanol–water partition coefficient (Wildman–Crippen LogP) is 3.03. The summed E-state index contributed by atoms with van der Waals surface area (Å²) in [6.07, 6.45) is 0. The molecule has 0 fully saturated rings. The zero-order valence-electron chi connectivity index (χ0n) is 12.0. The van der Waals surface area contributed by atoms with Crippen molar-refractivity contribution in [3.05, 3.63) is 46.0 Å². The van der Waals surface area contributed by atoms with Crippen molar-refractivity contribution in [3.8, 4) is 0 Å². The summed E-state index contributed by atoms with van der Waals surface area (Å²) < 4.78 is 26.2. The van der Waals surface area contributed by atoms with Gasteiger partial charge in [0.2, 0.25) is 10.0 Å². The molecule has 0 atom stereocenters. The maximum Gasteiger partial charge on any atom is 0.240 e. The molecule has 0 radical (unpaired) electrons. The summed E-state index contributed by atoms with van der Waals surface area (Å²) in [7, 11) is -1.85. The first-order chi connectivity index (χ1) is 9.31. The number of hydrogen-bond acceptors (Lipinski definition) is 4. The Bertz CT molecular complexity index is 701. The monoisotopic (exact) mass is 310 g/mol. The second-order valence-corrected chi connectivity index (χ2v) is 7.97. The fraction of sp³-hybridized carbons (Fsp3) is 0.357. The van der Waals surface area contributed by atoms with E-state index in [9.17, 15) is 8.42 Å². The van der Waals surface area contributed by atoms with Gasteiger partial charge >= 0.3 is 0 Å². The Kier molecular flexibility index (Phi) is 4.15. The lowest BCUT2D eigenvalue weighted by molar-refractivity contribution is 0.593. The average molecular weight is 310 g/mol. The lowest BCUT2D eigenvalue weighted by Gasteiger charge is -2.17. The number of hydrogen-bond donors (Lipinski definition) is 0. The van der Waals surface area contributed by atoms with Crippen LogP contribution in [-0.2, 0) is 15.8 Å². The molecular formula is C14H18N2O2S2. The van der Waals surface area contributed by atoms with Crippen LogP contribution in [0.5, 0.6) is 0 Å². The molecule has 1 aromatic heterocycles. The predicted molar refractivity (Wildman–Crippen MR) is 83.8 cm³/mol. The fourth-order valence-electron chi connectivity index (χ4n) is 1.77. The molecule has 20 heavy (non-hydrogen) atoms. The van der Waals surface area contributed by atoms with Crippen LogP contribution in [0.2, 0.25) is 0 Å². The molecule has 0 saturated heterocycles. The third-order valence-corrected chi connectivity index (χ3v) is 6.25. The summed E-state index contributed by atoms with van der Waals surface area (Å²) in [4.78, 5) is 5.35. The molecule has 0 aliphatic heterocycles. The zero-order valence-corrected chi connectivity index (χ0v) is 13.7. The van der Waals surface area contributed by atoms with E-state index in [1.165, 1.54) is 15.6 Å². The van der Waals surface area contributed by atoms with E-state index in [2.05, 4.69) is 4.98 Å². The van der Waals surface area contributed by atoms with Crippen LogP contribution in [0.15, 0.2) is 24.3 Å². The molecule has 1 aromatic carbocycles. The molecule has 6 heteroatoms. The van der Waals surface area contributed by atoms with Gasteiger partial charge in [-0.15, -0.1) is 11.3 Å². The van der Waals surface area contributed by atoms with Crippen molar-refractivity contribution in [2.75, 3.05) is 11.4 Å². The van der Waals surface area contributed by atoms with Crippen LogP contribution in [0.4, 0.5) is 5.13 Å². The van der Waals surface area contributed by atoms with Crippen LogP contribution in [0.25, 0.3) is 0 Å². The molecule has 108 valence electrons. The maximum atomic E-state index is 12.5. The van der Waals surface area contributed by atoms with Gasteiger partial charge in [0.1, 0.15) is 0 Å². The highest BCUT2D eigenvalue weighted by atomic mass is 32.2. The van der Waals surface area contributed by atoms with Gasteiger partial charge in [0.15, 0.2) is 5.13 Å². The number of thiazole rings is 1. The van der Waals surface area contributed by atoms with E-state index < -0.39 is 10.0 Å². The molecule has 1 heterocycles. The molecule has 0 unspecified atom stereocenters. The van der Waals surface area contributed by atoms with E-state index in [-0.39, 0.29) is 5.75 Å². The normalized spacial score (nSPS) is 11.6. The molecule has 4 nitrogen and oxygen atoms in total. The van der Waals surface area contributed by atoms with Gasteiger partial charge in [-0.3, -0.25) is 0 Å². The third-order valence-electron chi connectivity index (χ3n) is 3.30. The maximum absolute atomic E-state index is 12.5. The van der Waals surface area contributed by atoms with E-state index >= 15 is 0 Å². The number of aromatic nitrogens is 1. The van der Waals surface area contributed by atoms with Gasteiger partial charge in [-0.25, -0.2) is 17.7 Å². The standard InChI is InChI=1S/C14H18N2O2S2/c1-10-7-5-6-8-13(10)9-20(17,18)16(4)14-15-11(2)12(3)19-14/h5-8H,9H2,1-4H3. The van der Waals surface area contributed by atoms with Crippen molar-refractivity contribution in [2.45, 2.75) is 26.5 Å². The number of rotatable bonds is 4. The van der Waals surface area contributed by atoms with Crippen LogP contribution in [0, 0.1) is 20.8 Å². The Morgan fingerprint density at radius 1 is 1.20 bits per heavy atom. The van der Waals surface area contributed by atoms with Crippen molar-refractivity contribution in [2.24, 2.45) is 0 Å². The summed E-state index contributed by atoms with van der Waals surface area (Å²) >= 11 is 1.40. The van der Waals surface area contributed by atoms with Crippen LogP contribution in [0.3, 0.4) is 0 Å². The number of sulfonamides is 1. The topological polar surface area (TPSA) is 50.3 Å². The van der Waals surface area contributed by atoms with Gasteiger partial charge in [0, 0.05) is 11.9 Å². The SMILES string of the molecule is Cc1ccccc1CS(=O)(=O)N(C)c1nc(C)c(C)s1. The van der Waals surface area contributed by atoms with Gasteiger partial charge in [-0.05, 0) is 31.9 Å². The lowest BCUT2D eigenvalue weighted by atomic mass is 10.1. The largest absolute Gasteiger partial charge is 0.248 e. The van der Waals surface area contributed by atoms with E-state index in [1.54, 1.807) is 7.05 Å². The Balaban J connectivity index is 2.29. The van der Waals surface area contributed by atoms with Crippen molar-refractivity contribution in [1.29, 1.82) is 0 Å². The average Bonchev–Trinajstić information content (AvgIpc) is 2.71. The van der Waals surface area contributed by atoms with E-state index in [4.69, 9.17) is 0 Å². The zero-order chi connectivity index (χ0) is 14.9. The van der Waals surface area contributed by atoms with Gasteiger partial charge in [-0.2, -0.15) is 0 Å². The van der Waals surface area contributed by atoms with Crippen LogP contribution in [-0.4, -0.2) is 20.4 Å². The van der Waals surface area contributed by atoms with Gasteiger partial charge in [-0.1, -0.05) is 24.3 Å². The first-order valence-electron chi connectivity index (χ1n) is 6.26. The van der Waals surface area contributed by atoms with E-state index in [0.717, 1.165) is 21.7 Å². The van der Waals surface area contributed by atoms with Crippen molar-refractivity contribution < 1.29 is 8.42 Å². The molecule has 0 N–H and O–H groups in total. The molecule has 2 rings (SSSR count). The molecule has 0 saturated carbocycles. The second kappa shape index (κ2) is 5.54. The molecule has 2 aromatic rings. The van der Waals surface area contributed by atoms with Crippen molar-refractivity contribution in [1.82, 2.24) is 4.98 Å². The van der Waals surface area contributed by atoms with Gasteiger partial charge < -0.3 is 0 Å². The molecule has 0 amide bonds. The highest BCUT2D eigenvalue weighted by Crippen LogP contribution is 2.27. The smallest absolute Gasteiger partial charge is 0.240 e.